The Morgan fingerprint density at radius 2 is 2.06 bits per heavy atom. The number of fused-ring (bicyclic) bond motifs is 1. The third kappa shape index (κ3) is 6.67. The van der Waals surface area contributed by atoms with Gasteiger partial charge >= 0.3 is 0 Å². The van der Waals surface area contributed by atoms with Crippen LogP contribution in [0, 0.1) is 6.92 Å². The lowest BCUT2D eigenvalue weighted by Crippen LogP contribution is -2.34. The second-order valence-electron chi connectivity index (χ2n) is 7.75. The smallest absolute Gasteiger partial charge is 0.254 e. The Morgan fingerprint density at radius 1 is 1.28 bits per heavy atom. The van der Waals surface area contributed by atoms with Gasteiger partial charge in [-0.2, -0.15) is 5.10 Å². The summed E-state index contributed by atoms with van der Waals surface area (Å²) < 4.78 is 1.96. The van der Waals surface area contributed by atoms with Crippen molar-refractivity contribution in [3.63, 3.8) is 0 Å². The van der Waals surface area contributed by atoms with Crippen LogP contribution in [0.2, 0.25) is 0 Å². The van der Waals surface area contributed by atoms with Crippen molar-refractivity contribution in [1.29, 1.82) is 0 Å². The summed E-state index contributed by atoms with van der Waals surface area (Å²) in [4.78, 5) is 36.5. The van der Waals surface area contributed by atoms with E-state index in [1.165, 1.54) is 5.56 Å². The highest BCUT2D eigenvalue weighted by atomic mass is 16.2. The summed E-state index contributed by atoms with van der Waals surface area (Å²) in [6, 6.07) is 5.67. The fraction of sp³-hybridized carbons (Fsp3) is 0.500. The van der Waals surface area contributed by atoms with Gasteiger partial charge in [-0.1, -0.05) is 19.9 Å². The molecule has 1 aliphatic heterocycles. The lowest BCUT2D eigenvalue weighted by atomic mass is 10.1. The minimum Gasteiger partial charge on any atom is -0.385 e. The molecule has 1 aromatic carbocycles. The van der Waals surface area contributed by atoms with Crippen LogP contribution in [0.1, 0.15) is 67.9 Å². The quantitative estimate of drug-likeness (QED) is 0.411. The van der Waals surface area contributed by atoms with E-state index in [9.17, 15) is 14.4 Å². The van der Waals surface area contributed by atoms with E-state index in [2.05, 4.69) is 15.7 Å². The Bertz CT molecular complexity index is 909. The SMILES string of the molecule is CC.Cc1cnn(CCCCNc2cccc3c2CN(C(C)CCC(=O)NC=O)C3=O)c1. The molecule has 0 spiro atoms. The number of imide groups is 1. The van der Waals surface area contributed by atoms with Crippen molar-refractivity contribution >= 4 is 23.9 Å². The highest BCUT2D eigenvalue weighted by Crippen LogP contribution is 2.31. The zero-order chi connectivity index (χ0) is 23.5. The Morgan fingerprint density at radius 3 is 2.75 bits per heavy atom. The van der Waals surface area contributed by atoms with Crippen LogP contribution in [0.3, 0.4) is 0 Å². The molecule has 0 fully saturated rings. The number of benzene rings is 1. The van der Waals surface area contributed by atoms with Crippen molar-refractivity contribution in [2.75, 3.05) is 11.9 Å². The maximum Gasteiger partial charge on any atom is 0.254 e. The fourth-order valence-corrected chi connectivity index (χ4v) is 3.72. The van der Waals surface area contributed by atoms with Crippen molar-refractivity contribution < 1.29 is 14.4 Å². The van der Waals surface area contributed by atoms with E-state index in [1.807, 2.05) is 63.0 Å². The summed E-state index contributed by atoms with van der Waals surface area (Å²) in [5.74, 6) is -0.334. The van der Waals surface area contributed by atoms with Crippen LogP contribution < -0.4 is 10.6 Å². The molecule has 0 saturated carbocycles. The molecule has 1 aromatic heterocycles. The Hall–Kier alpha value is -3.16. The molecule has 2 heterocycles. The molecule has 1 atom stereocenters. The Balaban J connectivity index is 0.00000176. The third-order valence-corrected chi connectivity index (χ3v) is 5.43. The summed E-state index contributed by atoms with van der Waals surface area (Å²) in [7, 11) is 0. The number of amides is 3. The van der Waals surface area contributed by atoms with Gasteiger partial charge in [-0.05, 0) is 50.8 Å². The zero-order valence-electron chi connectivity index (χ0n) is 19.6. The van der Waals surface area contributed by atoms with Crippen molar-refractivity contribution in [1.82, 2.24) is 20.0 Å². The number of aromatic nitrogens is 2. The first-order valence-electron chi connectivity index (χ1n) is 11.4. The number of aryl methyl sites for hydroxylation is 2. The summed E-state index contributed by atoms with van der Waals surface area (Å²) in [5, 5.41) is 9.91. The molecule has 3 amide bonds. The van der Waals surface area contributed by atoms with E-state index >= 15 is 0 Å². The van der Waals surface area contributed by atoms with E-state index in [-0.39, 0.29) is 24.3 Å². The minimum atomic E-state index is -0.325. The molecule has 32 heavy (non-hydrogen) atoms. The molecular weight excluding hydrogens is 406 g/mol. The molecule has 8 nitrogen and oxygen atoms in total. The van der Waals surface area contributed by atoms with Gasteiger partial charge in [0.1, 0.15) is 0 Å². The molecule has 174 valence electrons. The maximum absolute atomic E-state index is 12.8. The topological polar surface area (TPSA) is 96.3 Å². The lowest BCUT2D eigenvalue weighted by molar-refractivity contribution is -0.125. The number of hydrogen-bond donors (Lipinski definition) is 2. The first-order valence-corrected chi connectivity index (χ1v) is 11.4. The van der Waals surface area contributed by atoms with Gasteiger partial charge in [0, 0.05) is 55.1 Å². The Labute approximate surface area is 190 Å². The number of carbonyl (C=O) groups excluding carboxylic acids is 3. The average Bonchev–Trinajstić information content (AvgIpc) is 3.37. The number of anilines is 1. The van der Waals surface area contributed by atoms with Gasteiger partial charge < -0.3 is 10.2 Å². The van der Waals surface area contributed by atoms with E-state index in [0.29, 0.717) is 19.4 Å². The predicted molar refractivity (Wildman–Crippen MR) is 125 cm³/mol. The molecule has 1 aliphatic rings. The fourth-order valence-electron chi connectivity index (χ4n) is 3.72. The van der Waals surface area contributed by atoms with Crippen LogP contribution >= 0.6 is 0 Å². The normalized spacial score (nSPS) is 13.1. The zero-order valence-corrected chi connectivity index (χ0v) is 19.6. The monoisotopic (exact) mass is 441 g/mol. The van der Waals surface area contributed by atoms with Crippen LogP contribution in [-0.2, 0) is 22.7 Å². The summed E-state index contributed by atoms with van der Waals surface area (Å²) in [5.41, 5.74) is 3.88. The molecule has 1 unspecified atom stereocenters. The van der Waals surface area contributed by atoms with Gasteiger partial charge in [0.15, 0.2) is 0 Å². The van der Waals surface area contributed by atoms with Crippen LogP contribution in [-0.4, -0.2) is 45.5 Å². The van der Waals surface area contributed by atoms with Gasteiger partial charge in [0.05, 0.1) is 6.20 Å². The Kier molecular flexibility index (Phi) is 9.91. The van der Waals surface area contributed by atoms with Crippen molar-refractivity contribution in [3.8, 4) is 0 Å². The van der Waals surface area contributed by atoms with E-state index in [1.54, 1.807) is 4.90 Å². The highest BCUT2D eigenvalue weighted by Gasteiger charge is 2.32. The first-order chi connectivity index (χ1) is 15.5. The average molecular weight is 442 g/mol. The van der Waals surface area contributed by atoms with Crippen molar-refractivity contribution in [2.45, 2.75) is 72.5 Å². The molecule has 0 aliphatic carbocycles. The van der Waals surface area contributed by atoms with Gasteiger partial charge in [-0.15, -0.1) is 0 Å². The van der Waals surface area contributed by atoms with Crippen molar-refractivity contribution in [3.05, 3.63) is 47.3 Å². The molecule has 8 heteroatoms. The molecule has 3 rings (SSSR count). The second-order valence-corrected chi connectivity index (χ2v) is 7.75. The van der Waals surface area contributed by atoms with E-state index < -0.39 is 0 Å². The second kappa shape index (κ2) is 12.6. The van der Waals surface area contributed by atoms with Crippen LogP contribution in [0.15, 0.2) is 30.6 Å². The van der Waals surface area contributed by atoms with E-state index in [4.69, 9.17) is 0 Å². The molecular formula is C24H35N5O3. The number of nitrogens with zero attached hydrogens (tertiary/aromatic N) is 3. The van der Waals surface area contributed by atoms with Gasteiger partial charge in [-0.3, -0.25) is 24.4 Å². The standard InChI is InChI=1S/C22H29N5O3.C2H6/c1-16-12-25-26(13-16)11-4-3-10-23-20-7-5-6-18-19(20)14-27(22(18)30)17(2)8-9-21(29)24-15-28;1-2/h5-7,12-13,15,17,23H,3-4,8-11,14H2,1-2H3,(H,24,28,29);1-2H3. The van der Waals surface area contributed by atoms with Gasteiger partial charge in [-0.25, -0.2) is 0 Å². The first kappa shape index (κ1) is 25.1. The van der Waals surface area contributed by atoms with Crippen LogP contribution in [0.25, 0.3) is 0 Å². The summed E-state index contributed by atoms with van der Waals surface area (Å²) >= 11 is 0. The molecule has 0 bridgehead atoms. The number of nitrogens with one attached hydrogen (secondary N) is 2. The number of carbonyl (C=O) groups is 3. The molecule has 0 radical (unpaired) electrons. The van der Waals surface area contributed by atoms with Crippen LogP contribution in [0.5, 0.6) is 0 Å². The summed E-state index contributed by atoms with van der Waals surface area (Å²) in [6.07, 6.45) is 7.04. The minimum absolute atomic E-state index is 0.00834. The predicted octanol–water partition coefficient (Wildman–Crippen LogP) is 3.51. The van der Waals surface area contributed by atoms with Crippen molar-refractivity contribution in [2.24, 2.45) is 0 Å². The molecule has 2 N–H and O–H groups in total. The van der Waals surface area contributed by atoms with E-state index in [0.717, 1.165) is 42.7 Å². The summed E-state index contributed by atoms with van der Waals surface area (Å²) in [6.45, 7) is 10.2. The maximum atomic E-state index is 12.8. The number of rotatable bonds is 11. The van der Waals surface area contributed by atoms with Crippen LogP contribution in [0.4, 0.5) is 5.69 Å². The van der Waals surface area contributed by atoms with Gasteiger partial charge in [0.25, 0.3) is 5.91 Å². The largest absolute Gasteiger partial charge is 0.385 e. The number of unbranched alkanes of at least 4 members (excludes halogenated alkanes) is 1. The molecule has 0 saturated heterocycles. The third-order valence-electron chi connectivity index (χ3n) is 5.43. The van der Waals surface area contributed by atoms with Gasteiger partial charge in [0.2, 0.25) is 12.3 Å². The molecule has 2 aromatic rings. The number of hydrogen-bond acceptors (Lipinski definition) is 5. The highest BCUT2D eigenvalue weighted by molar-refractivity contribution is 6.00. The lowest BCUT2D eigenvalue weighted by Gasteiger charge is -2.24.